The summed E-state index contributed by atoms with van der Waals surface area (Å²) in [4.78, 5) is 23.0. The molecule has 0 fully saturated rings. The third kappa shape index (κ3) is 5.67. The van der Waals surface area contributed by atoms with Crippen LogP contribution in [0.15, 0.2) is 6.07 Å². The number of anilines is 1. The van der Waals surface area contributed by atoms with E-state index in [1.165, 1.54) is 0 Å². The number of rotatable bonds is 9. The molecule has 0 saturated heterocycles. The summed E-state index contributed by atoms with van der Waals surface area (Å²) in [6.45, 7) is 8.67. The maximum Gasteiger partial charge on any atom is 0.272 e. The number of hydrogen-bond acceptors (Lipinski definition) is 5. The van der Waals surface area contributed by atoms with Gasteiger partial charge in [0.25, 0.3) is 5.91 Å². The summed E-state index contributed by atoms with van der Waals surface area (Å²) in [7, 11) is 1.65. The molecule has 1 N–H and O–H groups in total. The molecule has 0 atom stereocenters. The lowest BCUT2D eigenvalue weighted by Crippen LogP contribution is -2.33. The van der Waals surface area contributed by atoms with E-state index in [1.807, 2.05) is 4.90 Å². The van der Waals surface area contributed by atoms with Crippen LogP contribution < -0.4 is 5.32 Å². The van der Waals surface area contributed by atoms with Gasteiger partial charge in [0.1, 0.15) is 17.3 Å². The number of methoxy groups -OCH3 is 1. The highest BCUT2D eigenvalue weighted by Crippen LogP contribution is 2.10. The SMILES string of the molecule is CCCN(CCC)C(=O)c1cc(NCCOC)nc(C)n1. The normalized spacial score (nSPS) is 10.5. The number of carbonyl (C=O) groups is 1. The van der Waals surface area contributed by atoms with E-state index in [0.29, 0.717) is 30.5 Å². The smallest absolute Gasteiger partial charge is 0.272 e. The summed E-state index contributed by atoms with van der Waals surface area (Å²) >= 11 is 0. The van der Waals surface area contributed by atoms with Crippen molar-refractivity contribution in [2.75, 3.05) is 38.7 Å². The van der Waals surface area contributed by atoms with E-state index in [4.69, 9.17) is 4.74 Å². The van der Waals surface area contributed by atoms with Gasteiger partial charge in [-0.1, -0.05) is 13.8 Å². The highest BCUT2D eigenvalue weighted by Gasteiger charge is 2.17. The number of nitrogens with one attached hydrogen (secondary N) is 1. The molecule has 21 heavy (non-hydrogen) atoms. The largest absolute Gasteiger partial charge is 0.383 e. The summed E-state index contributed by atoms with van der Waals surface area (Å²) in [6.07, 6.45) is 1.88. The lowest BCUT2D eigenvalue weighted by molar-refractivity contribution is 0.0749. The second-order valence-corrected chi connectivity index (χ2v) is 4.90. The number of ether oxygens (including phenoxy) is 1. The minimum absolute atomic E-state index is 0.0287. The predicted molar refractivity (Wildman–Crippen MR) is 83.6 cm³/mol. The third-order valence-corrected chi connectivity index (χ3v) is 2.94. The zero-order chi connectivity index (χ0) is 15.7. The van der Waals surface area contributed by atoms with Gasteiger partial charge in [0.2, 0.25) is 0 Å². The summed E-state index contributed by atoms with van der Waals surface area (Å²) < 4.78 is 4.99. The van der Waals surface area contributed by atoms with E-state index < -0.39 is 0 Å². The van der Waals surface area contributed by atoms with Gasteiger partial charge in [0.05, 0.1) is 6.61 Å². The van der Waals surface area contributed by atoms with Gasteiger partial charge >= 0.3 is 0 Å². The van der Waals surface area contributed by atoms with Crippen molar-refractivity contribution in [1.29, 1.82) is 0 Å². The average molecular weight is 294 g/mol. The van der Waals surface area contributed by atoms with E-state index >= 15 is 0 Å². The minimum atomic E-state index is -0.0287. The van der Waals surface area contributed by atoms with Crippen molar-refractivity contribution in [2.24, 2.45) is 0 Å². The molecule has 6 nitrogen and oxygen atoms in total. The van der Waals surface area contributed by atoms with Crippen LogP contribution in [-0.4, -0.2) is 54.1 Å². The molecule has 0 aliphatic rings. The maximum absolute atomic E-state index is 12.5. The zero-order valence-electron chi connectivity index (χ0n) is 13.5. The molecule has 1 rings (SSSR count). The maximum atomic E-state index is 12.5. The van der Waals surface area contributed by atoms with Crippen LogP contribution in [0.1, 0.15) is 43.0 Å². The Morgan fingerprint density at radius 3 is 2.52 bits per heavy atom. The Hall–Kier alpha value is -1.69. The number of aryl methyl sites for hydroxylation is 1. The Morgan fingerprint density at radius 2 is 1.95 bits per heavy atom. The van der Waals surface area contributed by atoms with Crippen LogP contribution in [-0.2, 0) is 4.74 Å². The molecule has 0 aliphatic heterocycles. The molecule has 1 heterocycles. The Kier molecular flexibility index (Phi) is 7.68. The van der Waals surface area contributed by atoms with Crippen molar-refractivity contribution in [1.82, 2.24) is 14.9 Å². The van der Waals surface area contributed by atoms with Crippen molar-refractivity contribution < 1.29 is 9.53 Å². The van der Waals surface area contributed by atoms with Gasteiger partial charge in [-0.2, -0.15) is 0 Å². The van der Waals surface area contributed by atoms with E-state index in [9.17, 15) is 4.79 Å². The number of nitrogens with zero attached hydrogens (tertiary/aromatic N) is 3. The summed E-state index contributed by atoms with van der Waals surface area (Å²) in [5.41, 5.74) is 0.448. The summed E-state index contributed by atoms with van der Waals surface area (Å²) in [5, 5.41) is 3.14. The molecular formula is C15H26N4O2. The molecule has 0 spiro atoms. The standard InChI is InChI=1S/C15H26N4O2/c1-5-8-19(9-6-2)15(20)13-11-14(16-7-10-21-4)18-12(3)17-13/h11H,5-10H2,1-4H3,(H,16,17,18). The number of carbonyl (C=O) groups excluding carboxylic acids is 1. The summed E-state index contributed by atoms with van der Waals surface area (Å²) in [5.74, 6) is 1.23. The molecular weight excluding hydrogens is 268 g/mol. The van der Waals surface area contributed by atoms with Crippen molar-refractivity contribution in [3.05, 3.63) is 17.6 Å². The first-order chi connectivity index (χ1) is 10.1. The van der Waals surface area contributed by atoms with Gasteiger partial charge in [-0.15, -0.1) is 0 Å². The van der Waals surface area contributed by atoms with Crippen LogP contribution >= 0.6 is 0 Å². The van der Waals surface area contributed by atoms with Crippen LogP contribution in [0.3, 0.4) is 0 Å². The van der Waals surface area contributed by atoms with Crippen molar-refractivity contribution in [2.45, 2.75) is 33.6 Å². The molecule has 1 aromatic rings. The topological polar surface area (TPSA) is 67.4 Å². The monoisotopic (exact) mass is 294 g/mol. The molecule has 6 heteroatoms. The molecule has 0 aliphatic carbocycles. The van der Waals surface area contributed by atoms with Crippen LogP contribution in [0.2, 0.25) is 0 Å². The number of aromatic nitrogens is 2. The van der Waals surface area contributed by atoms with Gasteiger partial charge < -0.3 is 15.0 Å². The fraction of sp³-hybridized carbons (Fsp3) is 0.667. The molecule has 0 radical (unpaired) electrons. The fourth-order valence-corrected chi connectivity index (χ4v) is 2.07. The molecule has 1 amide bonds. The third-order valence-electron chi connectivity index (χ3n) is 2.94. The molecule has 1 aromatic heterocycles. The van der Waals surface area contributed by atoms with Gasteiger partial charge in [0.15, 0.2) is 0 Å². The average Bonchev–Trinajstić information content (AvgIpc) is 2.46. The van der Waals surface area contributed by atoms with Crippen molar-refractivity contribution >= 4 is 11.7 Å². The van der Waals surface area contributed by atoms with Crippen LogP contribution in [0.25, 0.3) is 0 Å². The first-order valence-electron chi connectivity index (χ1n) is 7.50. The second-order valence-electron chi connectivity index (χ2n) is 4.90. The lowest BCUT2D eigenvalue weighted by atomic mass is 10.3. The van der Waals surface area contributed by atoms with Crippen LogP contribution in [0.4, 0.5) is 5.82 Å². The highest BCUT2D eigenvalue weighted by molar-refractivity contribution is 5.93. The van der Waals surface area contributed by atoms with Gasteiger partial charge in [0, 0.05) is 32.8 Å². The Bertz CT molecular complexity index is 445. The second kappa shape index (κ2) is 9.28. The minimum Gasteiger partial charge on any atom is -0.383 e. The molecule has 0 aromatic carbocycles. The fourth-order valence-electron chi connectivity index (χ4n) is 2.07. The first kappa shape index (κ1) is 17.4. The van der Waals surface area contributed by atoms with Gasteiger partial charge in [-0.05, 0) is 19.8 Å². The van der Waals surface area contributed by atoms with Crippen LogP contribution in [0, 0.1) is 6.92 Å². The molecule has 0 unspecified atom stereocenters. The summed E-state index contributed by atoms with van der Waals surface area (Å²) in [6, 6.07) is 1.71. The number of hydrogen-bond donors (Lipinski definition) is 1. The van der Waals surface area contributed by atoms with Gasteiger partial charge in [-0.3, -0.25) is 4.79 Å². The molecule has 0 bridgehead atoms. The van der Waals surface area contributed by atoms with Gasteiger partial charge in [-0.25, -0.2) is 9.97 Å². The van der Waals surface area contributed by atoms with E-state index in [2.05, 4.69) is 29.1 Å². The molecule has 118 valence electrons. The van der Waals surface area contributed by atoms with Crippen LogP contribution in [0.5, 0.6) is 0 Å². The Labute approximate surface area is 126 Å². The van der Waals surface area contributed by atoms with E-state index in [-0.39, 0.29) is 5.91 Å². The van der Waals surface area contributed by atoms with Crippen molar-refractivity contribution in [3.8, 4) is 0 Å². The molecule has 0 saturated carbocycles. The Balaban J connectivity index is 2.86. The lowest BCUT2D eigenvalue weighted by Gasteiger charge is -2.21. The predicted octanol–water partition coefficient (Wildman–Crippen LogP) is 2.11. The van der Waals surface area contributed by atoms with Crippen molar-refractivity contribution in [3.63, 3.8) is 0 Å². The van der Waals surface area contributed by atoms with E-state index in [0.717, 1.165) is 25.9 Å². The van der Waals surface area contributed by atoms with E-state index in [1.54, 1.807) is 20.1 Å². The quantitative estimate of drug-likeness (QED) is 0.706. The number of amides is 1. The highest BCUT2D eigenvalue weighted by atomic mass is 16.5. The zero-order valence-corrected chi connectivity index (χ0v) is 13.5. The first-order valence-corrected chi connectivity index (χ1v) is 7.50. The Morgan fingerprint density at radius 1 is 1.29 bits per heavy atom.